The normalized spacial score (nSPS) is 29.4. The SMILES string of the molecule is C[C@@H](Nc1ccc(C(F)(F)F)cc1[N+](=O)[O-])C(=O)OCC(=O)C12CC3CC(CC(C3)C1)C2. The van der Waals surface area contributed by atoms with Crippen LogP contribution in [0.2, 0.25) is 0 Å². The summed E-state index contributed by atoms with van der Waals surface area (Å²) in [6.07, 6.45) is 1.35. The number of hydrogen-bond acceptors (Lipinski definition) is 6. The van der Waals surface area contributed by atoms with Crippen LogP contribution in [0.1, 0.15) is 51.0 Å². The van der Waals surface area contributed by atoms with Crippen LogP contribution in [0.5, 0.6) is 0 Å². The van der Waals surface area contributed by atoms with Crippen molar-refractivity contribution in [3.8, 4) is 0 Å². The van der Waals surface area contributed by atoms with Gasteiger partial charge in [-0.15, -0.1) is 0 Å². The summed E-state index contributed by atoms with van der Waals surface area (Å²) < 4.78 is 43.8. The molecule has 4 aliphatic carbocycles. The molecule has 5 rings (SSSR count). The van der Waals surface area contributed by atoms with Crippen molar-refractivity contribution >= 4 is 23.1 Å². The summed E-state index contributed by atoms with van der Waals surface area (Å²) in [5, 5.41) is 13.7. The lowest BCUT2D eigenvalue weighted by Gasteiger charge is -2.55. The molecule has 1 N–H and O–H groups in total. The monoisotopic (exact) mass is 454 g/mol. The number of rotatable bonds is 7. The fourth-order valence-corrected chi connectivity index (χ4v) is 6.14. The van der Waals surface area contributed by atoms with Gasteiger partial charge in [0.05, 0.1) is 10.5 Å². The molecule has 0 aromatic heterocycles. The maximum Gasteiger partial charge on any atom is 0.416 e. The number of halogens is 3. The van der Waals surface area contributed by atoms with Crippen molar-refractivity contribution in [1.82, 2.24) is 0 Å². The molecule has 0 unspecified atom stereocenters. The Labute approximate surface area is 182 Å². The molecule has 4 fully saturated rings. The number of ether oxygens (including phenoxy) is 1. The highest BCUT2D eigenvalue weighted by Gasteiger charge is 2.54. The number of carbonyl (C=O) groups excluding carboxylic acids is 2. The molecular weight excluding hydrogens is 429 g/mol. The van der Waals surface area contributed by atoms with E-state index in [9.17, 15) is 32.9 Å². The number of nitro groups is 1. The lowest BCUT2D eigenvalue weighted by atomic mass is 9.48. The second-order valence-electron chi connectivity index (χ2n) is 9.58. The van der Waals surface area contributed by atoms with Gasteiger partial charge in [-0.25, -0.2) is 4.79 Å². The van der Waals surface area contributed by atoms with Crippen LogP contribution in [0.25, 0.3) is 0 Å². The number of Topliss-reactive ketones (excluding diaryl/α,β-unsaturated/α-hetero) is 1. The molecule has 1 atom stereocenters. The molecular formula is C22H25F3N2O5. The van der Waals surface area contributed by atoms with Crippen LogP contribution < -0.4 is 5.32 Å². The van der Waals surface area contributed by atoms with Crippen LogP contribution in [-0.2, 0) is 20.5 Å². The third-order valence-electron chi connectivity index (χ3n) is 7.22. The van der Waals surface area contributed by atoms with Crippen molar-refractivity contribution in [2.24, 2.45) is 23.2 Å². The smallest absolute Gasteiger partial charge is 0.416 e. The predicted molar refractivity (Wildman–Crippen MR) is 108 cm³/mol. The minimum absolute atomic E-state index is 0.0716. The fourth-order valence-electron chi connectivity index (χ4n) is 6.14. The summed E-state index contributed by atoms with van der Waals surface area (Å²) in [7, 11) is 0. The minimum Gasteiger partial charge on any atom is -0.456 e. The van der Waals surface area contributed by atoms with Gasteiger partial charge in [-0.2, -0.15) is 13.2 Å². The van der Waals surface area contributed by atoms with E-state index in [0.29, 0.717) is 29.9 Å². The van der Waals surface area contributed by atoms with Crippen molar-refractivity contribution in [2.75, 3.05) is 11.9 Å². The minimum atomic E-state index is -4.73. The summed E-state index contributed by atoms with van der Waals surface area (Å²) in [6.45, 7) is 1.02. The molecule has 174 valence electrons. The molecule has 7 nitrogen and oxygen atoms in total. The number of ketones is 1. The summed E-state index contributed by atoms with van der Waals surface area (Å²) in [4.78, 5) is 35.6. The molecule has 4 aliphatic rings. The number of carbonyl (C=O) groups is 2. The average Bonchev–Trinajstić information content (AvgIpc) is 2.69. The van der Waals surface area contributed by atoms with Gasteiger partial charge < -0.3 is 10.1 Å². The quantitative estimate of drug-likeness (QED) is 0.363. The number of anilines is 1. The Morgan fingerprint density at radius 2 is 1.75 bits per heavy atom. The number of nitrogens with zero attached hydrogens (tertiary/aromatic N) is 1. The number of benzene rings is 1. The van der Waals surface area contributed by atoms with E-state index in [2.05, 4.69) is 5.32 Å². The number of hydrogen-bond donors (Lipinski definition) is 1. The highest BCUT2D eigenvalue weighted by molar-refractivity contribution is 5.89. The largest absolute Gasteiger partial charge is 0.456 e. The van der Waals surface area contributed by atoms with Gasteiger partial charge in [0.1, 0.15) is 11.7 Å². The molecule has 0 heterocycles. The Balaban J connectivity index is 1.37. The zero-order valence-electron chi connectivity index (χ0n) is 17.6. The van der Waals surface area contributed by atoms with Gasteiger partial charge >= 0.3 is 12.1 Å². The molecule has 0 radical (unpaired) electrons. The van der Waals surface area contributed by atoms with Crippen molar-refractivity contribution in [2.45, 2.75) is 57.7 Å². The number of nitrogens with one attached hydrogen (secondary N) is 1. The van der Waals surface area contributed by atoms with Crippen LogP contribution >= 0.6 is 0 Å². The molecule has 4 saturated carbocycles. The summed E-state index contributed by atoms with van der Waals surface area (Å²) in [5.41, 5.74) is -2.60. The first kappa shape index (κ1) is 22.5. The molecule has 0 spiro atoms. The van der Waals surface area contributed by atoms with E-state index in [0.717, 1.165) is 25.3 Å². The van der Waals surface area contributed by atoms with Gasteiger partial charge in [-0.3, -0.25) is 14.9 Å². The molecule has 0 amide bonds. The van der Waals surface area contributed by atoms with Crippen molar-refractivity contribution < 1.29 is 32.4 Å². The first-order chi connectivity index (χ1) is 15.0. The Morgan fingerprint density at radius 3 is 2.25 bits per heavy atom. The molecule has 0 saturated heterocycles. The molecule has 1 aromatic carbocycles. The van der Waals surface area contributed by atoms with Gasteiger partial charge in [0.15, 0.2) is 12.4 Å². The Morgan fingerprint density at radius 1 is 1.19 bits per heavy atom. The zero-order valence-corrected chi connectivity index (χ0v) is 17.6. The van der Waals surface area contributed by atoms with E-state index in [1.165, 1.54) is 26.2 Å². The number of esters is 1. The van der Waals surface area contributed by atoms with Gasteiger partial charge in [0.2, 0.25) is 0 Å². The highest BCUT2D eigenvalue weighted by atomic mass is 19.4. The molecule has 0 aliphatic heterocycles. The van der Waals surface area contributed by atoms with E-state index >= 15 is 0 Å². The van der Waals surface area contributed by atoms with Crippen LogP contribution in [0, 0.1) is 33.3 Å². The van der Waals surface area contributed by atoms with E-state index in [1.807, 2.05) is 0 Å². The van der Waals surface area contributed by atoms with Crippen molar-refractivity contribution in [3.63, 3.8) is 0 Å². The zero-order chi connectivity index (χ0) is 23.3. The van der Waals surface area contributed by atoms with Crippen LogP contribution in [0.15, 0.2) is 18.2 Å². The fraction of sp³-hybridized carbons (Fsp3) is 0.636. The Bertz CT molecular complexity index is 911. The Kier molecular flexibility index (Phi) is 5.67. The summed E-state index contributed by atoms with van der Waals surface area (Å²) >= 11 is 0. The van der Waals surface area contributed by atoms with Crippen molar-refractivity contribution in [3.05, 3.63) is 33.9 Å². The van der Waals surface area contributed by atoms with Crippen LogP contribution in [0.4, 0.5) is 24.5 Å². The van der Waals surface area contributed by atoms with Gasteiger partial charge in [-0.05, 0) is 75.3 Å². The second kappa shape index (κ2) is 8.04. The topological polar surface area (TPSA) is 98.5 Å². The van der Waals surface area contributed by atoms with E-state index in [4.69, 9.17) is 4.74 Å². The third kappa shape index (κ3) is 4.31. The van der Waals surface area contributed by atoms with Crippen LogP contribution in [0.3, 0.4) is 0 Å². The van der Waals surface area contributed by atoms with E-state index in [1.54, 1.807) is 0 Å². The predicted octanol–water partition coefficient (Wildman–Crippen LogP) is 4.74. The standard InChI is InChI=1S/C22H25F3N2O5/c1-12(26-17-3-2-16(22(23,24)25)7-18(17)27(30)31)20(29)32-11-19(28)21-8-13-4-14(9-21)6-15(5-13)10-21/h2-3,7,12-15,26H,4-6,8-11H2,1H3/t12-,13?,14?,15?,21?/m1/s1. The first-order valence-corrected chi connectivity index (χ1v) is 10.8. The van der Waals surface area contributed by atoms with Gasteiger partial charge in [0, 0.05) is 11.5 Å². The highest BCUT2D eigenvalue weighted by Crippen LogP contribution is 2.60. The van der Waals surface area contributed by atoms with Crippen LogP contribution in [-0.4, -0.2) is 29.3 Å². The molecule has 10 heteroatoms. The molecule has 1 aromatic rings. The van der Waals surface area contributed by atoms with Crippen molar-refractivity contribution in [1.29, 1.82) is 0 Å². The second-order valence-corrected chi connectivity index (χ2v) is 9.58. The maximum atomic E-state index is 13.0. The summed E-state index contributed by atoms with van der Waals surface area (Å²) in [6, 6.07) is 0.932. The van der Waals surface area contributed by atoms with Gasteiger partial charge in [-0.1, -0.05) is 0 Å². The number of alkyl halides is 3. The lowest BCUT2D eigenvalue weighted by molar-refractivity contribution is -0.384. The Hall–Kier alpha value is -2.65. The maximum absolute atomic E-state index is 13.0. The summed E-state index contributed by atoms with van der Waals surface area (Å²) in [5.74, 6) is 0.847. The van der Waals surface area contributed by atoms with Gasteiger partial charge in [0.25, 0.3) is 5.69 Å². The molecule has 32 heavy (non-hydrogen) atoms. The number of nitro benzene ring substituents is 1. The third-order valence-corrected chi connectivity index (χ3v) is 7.22. The average molecular weight is 454 g/mol. The lowest BCUT2D eigenvalue weighted by Crippen LogP contribution is -2.51. The van der Waals surface area contributed by atoms with E-state index < -0.39 is 39.8 Å². The van der Waals surface area contributed by atoms with E-state index in [-0.39, 0.29) is 18.1 Å². The molecule has 4 bridgehead atoms. The first-order valence-electron chi connectivity index (χ1n) is 10.8.